The number of rotatable bonds is 8. The molecule has 6 heteroatoms. The third-order valence-corrected chi connectivity index (χ3v) is 17.7. The molecule has 0 radical (unpaired) electrons. The highest BCUT2D eigenvalue weighted by molar-refractivity contribution is 6.74. The minimum atomic E-state index is -1.95. The summed E-state index contributed by atoms with van der Waals surface area (Å²) in [6.45, 7) is 26.8. The smallest absolute Gasteiger partial charge is 0.192 e. The summed E-state index contributed by atoms with van der Waals surface area (Å²) >= 11 is 0. The third-order valence-electron chi connectivity index (χ3n) is 8.79. The van der Waals surface area contributed by atoms with E-state index in [0.29, 0.717) is 18.6 Å². The van der Waals surface area contributed by atoms with E-state index in [1.807, 2.05) is 0 Å². The molecule has 31 heavy (non-hydrogen) atoms. The molecule has 0 amide bonds. The van der Waals surface area contributed by atoms with Gasteiger partial charge in [0, 0.05) is 19.1 Å². The summed E-state index contributed by atoms with van der Waals surface area (Å²) in [6, 6.07) is 0. The summed E-state index contributed by atoms with van der Waals surface area (Å²) in [5.74, 6) is 0.911. The van der Waals surface area contributed by atoms with Gasteiger partial charge >= 0.3 is 0 Å². The van der Waals surface area contributed by atoms with Crippen LogP contribution in [0.5, 0.6) is 0 Å². The van der Waals surface area contributed by atoms with Crippen LogP contribution < -0.4 is 0 Å². The highest BCUT2D eigenvalue weighted by Crippen LogP contribution is 2.55. The Balaban J connectivity index is 2.31. The molecule has 182 valence electrons. The topological polar surface area (TPSA) is 36.9 Å². The van der Waals surface area contributed by atoms with E-state index >= 15 is 0 Å². The lowest BCUT2D eigenvalue weighted by molar-refractivity contribution is -0.176. The van der Waals surface area contributed by atoms with Gasteiger partial charge in [-0.05, 0) is 60.9 Å². The number of ether oxygens (including phenoxy) is 2. The average Bonchev–Trinajstić information content (AvgIpc) is 3.01. The van der Waals surface area contributed by atoms with Crippen LogP contribution in [0.3, 0.4) is 0 Å². The molecule has 1 saturated carbocycles. The Morgan fingerprint density at radius 2 is 1.55 bits per heavy atom. The van der Waals surface area contributed by atoms with Gasteiger partial charge in [-0.1, -0.05) is 60.6 Å². The molecule has 2 aliphatic carbocycles. The lowest BCUT2D eigenvalue weighted by Crippen LogP contribution is -2.59. The molecule has 0 bridgehead atoms. The molecule has 0 aliphatic heterocycles. The van der Waals surface area contributed by atoms with Crippen LogP contribution in [0.4, 0.5) is 0 Å². The van der Waals surface area contributed by atoms with Crippen LogP contribution in [0.1, 0.15) is 61.3 Å². The molecule has 0 heterocycles. The van der Waals surface area contributed by atoms with Gasteiger partial charge in [0.2, 0.25) is 0 Å². The van der Waals surface area contributed by atoms with Crippen molar-refractivity contribution < 1.29 is 18.3 Å². The van der Waals surface area contributed by atoms with Gasteiger partial charge in [0.15, 0.2) is 16.6 Å². The molecule has 0 aromatic carbocycles. The molecular formula is C25H50O4Si2. The Morgan fingerprint density at radius 1 is 0.968 bits per heavy atom. The minimum absolute atomic E-state index is 0.0308. The van der Waals surface area contributed by atoms with Crippen LogP contribution in [0, 0.1) is 17.3 Å². The van der Waals surface area contributed by atoms with Gasteiger partial charge in [0.1, 0.15) is 6.79 Å². The number of hydrogen-bond acceptors (Lipinski definition) is 4. The first kappa shape index (κ1) is 27.3. The van der Waals surface area contributed by atoms with Crippen LogP contribution >= 0.6 is 0 Å². The largest absolute Gasteiger partial charge is 0.417 e. The summed E-state index contributed by atoms with van der Waals surface area (Å²) in [7, 11) is -2.05. The maximum Gasteiger partial charge on any atom is 0.192 e. The molecule has 5 atom stereocenters. The zero-order chi connectivity index (χ0) is 23.9. The van der Waals surface area contributed by atoms with Gasteiger partial charge < -0.3 is 18.3 Å². The first-order chi connectivity index (χ1) is 14.0. The number of methoxy groups -OCH3 is 1. The van der Waals surface area contributed by atoms with E-state index < -0.39 is 16.6 Å². The van der Waals surface area contributed by atoms with Crippen molar-refractivity contribution in [3.8, 4) is 0 Å². The lowest BCUT2D eigenvalue weighted by atomic mass is 9.61. The second-order valence-corrected chi connectivity index (χ2v) is 22.7. The van der Waals surface area contributed by atoms with Gasteiger partial charge in [-0.2, -0.15) is 0 Å². The van der Waals surface area contributed by atoms with Crippen LogP contribution in [-0.2, 0) is 18.3 Å². The molecule has 0 unspecified atom stereocenters. The average molecular weight is 471 g/mol. The Bertz CT molecular complexity index is 632. The standard InChI is InChI=1S/C25H50O4Si2/c1-23(2,3)30(9,10)28-17-19-16-21(27-18-26-8)22(25(7)15-13-14-20(19)25)29-31(11,12)24(4,5)6/h13-14,19-22H,15-18H2,1-12H3/t19-,20+,21-,22+,25+/m1/s1. The second-order valence-electron chi connectivity index (χ2n) is 13.1. The fourth-order valence-electron chi connectivity index (χ4n) is 4.54. The third kappa shape index (κ3) is 5.75. The molecule has 1 fully saturated rings. The molecular weight excluding hydrogens is 420 g/mol. The normalized spacial score (nSPS) is 32.4. The Morgan fingerprint density at radius 3 is 2.06 bits per heavy atom. The van der Waals surface area contributed by atoms with Crippen LogP contribution in [0.25, 0.3) is 0 Å². The first-order valence-corrected chi connectivity index (χ1v) is 17.9. The van der Waals surface area contributed by atoms with Gasteiger partial charge in [-0.3, -0.25) is 0 Å². The molecule has 0 N–H and O–H groups in total. The van der Waals surface area contributed by atoms with Crippen molar-refractivity contribution in [1.82, 2.24) is 0 Å². The number of fused-ring (bicyclic) bond motifs is 1. The molecule has 2 rings (SSSR count). The molecule has 0 spiro atoms. The molecule has 0 saturated heterocycles. The van der Waals surface area contributed by atoms with E-state index in [1.54, 1.807) is 7.11 Å². The fourth-order valence-corrected chi connectivity index (χ4v) is 7.01. The van der Waals surface area contributed by atoms with E-state index in [0.717, 1.165) is 19.4 Å². The highest BCUT2D eigenvalue weighted by atomic mass is 28.4. The first-order valence-electron chi connectivity index (χ1n) is 12.1. The maximum atomic E-state index is 7.10. The van der Waals surface area contributed by atoms with Crippen molar-refractivity contribution in [1.29, 1.82) is 0 Å². The van der Waals surface area contributed by atoms with Crippen LogP contribution in [-0.4, -0.2) is 49.4 Å². The Hall–Kier alpha value is 0.0138. The second kappa shape index (κ2) is 9.34. The van der Waals surface area contributed by atoms with Gasteiger partial charge in [-0.25, -0.2) is 0 Å². The van der Waals surface area contributed by atoms with Crippen molar-refractivity contribution in [3.05, 3.63) is 12.2 Å². The SMILES string of the molecule is COCO[C@@H]1C[C@H](CO[Si](C)(C)C(C)(C)C)[C@@H]2C=CC[C@]2(C)[C@H]1O[Si](C)(C)C(C)(C)C. The number of allylic oxidation sites excluding steroid dienone is 2. The quantitative estimate of drug-likeness (QED) is 0.218. The summed E-state index contributed by atoms with van der Waals surface area (Å²) in [5.41, 5.74) is 0.0354. The Labute approximate surface area is 194 Å². The van der Waals surface area contributed by atoms with Crippen molar-refractivity contribution >= 4 is 16.6 Å². The van der Waals surface area contributed by atoms with Crippen molar-refractivity contribution in [2.45, 2.75) is 110 Å². The molecule has 4 nitrogen and oxygen atoms in total. The lowest BCUT2D eigenvalue weighted by Gasteiger charge is -2.54. The molecule has 0 aromatic heterocycles. The van der Waals surface area contributed by atoms with Crippen molar-refractivity contribution in [2.75, 3.05) is 20.5 Å². The number of hydrogen-bond donors (Lipinski definition) is 0. The van der Waals surface area contributed by atoms with E-state index in [1.165, 1.54) is 0 Å². The maximum absolute atomic E-state index is 7.10. The summed E-state index contributed by atoms with van der Waals surface area (Å²) < 4.78 is 25.5. The minimum Gasteiger partial charge on any atom is -0.417 e. The van der Waals surface area contributed by atoms with Crippen LogP contribution in [0.15, 0.2) is 12.2 Å². The van der Waals surface area contributed by atoms with E-state index in [9.17, 15) is 0 Å². The van der Waals surface area contributed by atoms with E-state index in [2.05, 4.69) is 86.8 Å². The van der Waals surface area contributed by atoms with Gasteiger partial charge in [0.05, 0.1) is 12.2 Å². The van der Waals surface area contributed by atoms with Crippen LogP contribution in [0.2, 0.25) is 36.3 Å². The van der Waals surface area contributed by atoms with Crippen molar-refractivity contribution in [3.63, 3.8) is 0 Å². The molecule has 0 aromatic rings. The predicted octanol–water partition coefficient (Wildman–Crippen LogP) is 6.99. The van der Waals surface area contributed by atoms with Gasteiger partial charge in [0.25, 0.3) is 0 Å². The predicted molar refractivity (Wildman–Crippen MR) is 135 cm³/mol. The summed E-state index contributed by atoms with van der Waals surface area (Å²) in [6.07, 6.45) is 6.91. The monoisotopic (exact) mass is 470 g/mol. The summed E-state index contributed by atoms with van der Waals surface area (Å²) in [4.78, 5) is 0. The van der Waals surface area contributed by atoms with E-state index in [4.69, 9.17) is 18.3 Å². The van der Waals surface area contributed by atoms with E-state index in [-0.39, 0.29) is 27.7 Å². The fraction of sp³-hybridized carbons (Fsp3) is 0.920. The zero-order valence-corrected chi connectivity index (χ0v) is 24.4. The van der Waals surface area contributed by atoms with Crippen molar-refractivity contribution in [2.24, 2.45) is 17.3 Å². The zero-order valence-electron chi connectivity index (χ0n) is 22.4. The molecule has 2 aliphatic rings. The summed E-state index contributed by atoms with van der Waals surface area (Å²) in [5, 5.41) is 0.384. The Kier molecular flexibility index (Phi) is 8.21. The highest BCUT2D eigenvalue weighted by Gasteiger charge is 2.56. The van der Waals surface area contributed by atoms with Gasteiger partial charge in [-0.15, -0.1) is 0 Å².